The van der Waals surface area contributed by atoms with Crippen molar-refractivity contribution < 1.29 is 23.8 Å². The first-order chi connectivity index (χ1) is 15.6. The van der Waals surface area contributed by atoms with Gasteiger partial charge < -0.3 is 24.4 Å². The number of benzene rings is 1. The quantitative estimate of drug-likeness (QED) is 0.711. The summed E-state index contributed by atoms with van der Waals surface area (Å²) in [5, 5.41) is 2.76. The van der Waals surface area contributed by atoms with Crippen molar-refractivity contribution >= 4 is 23.5 Å². The summed E-state index contributed by atoms with van der Waals surface area (Å²) in [7, 11) is 0. The van der Waals surface area contributed by atoms with Crippen molar-refractivity contribution in [3.05, 3.63) is 36.7 Å². The van der Waals surface area contributed by atoms with Crippen molar-refractivity contribution in [3.8, 4) is 11.5 Å². The lowest BCUT2D eigenvalue weighted by Gasteiger charge is -2.30. The Balaban J connectivity index is 1.08. The Hall–Kier alpha value is -3.36. The van der Waals surface area contributed by atoms with Gasteiger partial charge in [-0.1, -0.05) is 0 Å². The maximum atomic E-state index is 12.4. The molecule has 168 valence electrons. The molecule has 2 fully saturated rings. The molecule has 0 unspecified atom stereocenters. The second kappa shape index (κ2) is 8.64. The van der Waals surface area contributed by atoms with E-state index in [1.54, 1.807) is 36.7 Å². The van der Waals surface area contributed by atoms with Crippen LogP contribution in [0.3, 0.4) is 0 Å². The smallest absolute Gasteiger partial charge is 0.309 e. The molecule has 1 aromatic carbocycles. The second-order valence-electron chi connectivity index (χ2n) is 8.45. The summed E-state index contributed by atoms with van der Waals surface area (Å²) in [5.74, 6) is 0.505. The average Bonchev–Trinajstić information content (AvgIpc) is 3.43. The fourth-order valence-electron chi connectivity index (χ4n) is 4.51. The van der Waals surface area contributed by atoms with Gasteiger partial charge in [0, 0.05) is 50.1 Å². The number of rotatable bonds is 5. The minimum Gasteiger partial charge on any atom is -0.455 e. The molecule has 3 heterocycles. The van der Waals surface area contributed by atoms with E-state index in [0.717, 1.165) is 25.7 Å². The largest absolute Gasteiger partial charge is 0.455 e. The number of amides is 1. The Morgan fingerprint density at radius 1 is 1.09 bits per heavy atom. The van der Waals surface area contributed by atoms with E-state index in [0.29, 0.717) is 49.1 Å². The predicted molar refractivity (Wildman–Crippen MR) is 115 cm³/mol. The Morgan fingerprint density at radius 2 is 1.81 bits per heavy atom. The predicted octanol–water partition coefficient (Wildman–Crippen LogP) is 2.92. The first-order valence-corrected chi connectivity index (χ1v) is 11.1. The van der Waals surface area contributed by atoms with Crippen LogP contribution in [0.25, 0.3) is 0 Å². The van der Waals surface area contributed by atoms with Crippen molar-refractivity contribution in [2.45, 2.75) is 44.3 Å². The van der Waals surface area contributed by atoms with E-state index >= 15 is 0 Å². The van der Waals surface area contributed by atoms with Gasteiger partial charge in [0.1, 0.15) is 0 Å². The van der Waals surface area contributed by atoms with Crippen molar-refractivity contribution in [2.75, 3.05) is 29.9 Å². The Bertz CT molecular complexity index is 985. The molecule has 1 spiro atoms. The third-order valence-corrected chi connectivity index (χ3v) is 6.19. The van der Waals surface area contributed by atoms with E-state index in [9.17, 15) is 9.59 Å². The number of nitrogens with one attached hydrogen (secondary N) is 1. The number of aromatic nitrogens is 2. The monoisotopic (exact) mass is 438 g/mol. The number of anilines is 2. The normalized spacial score (nSPS) is 19.2. The van der Waals surface area contributed by atoms with Crippen LogP contribution in [0.2, 0.25) is 0 Å². The highest BCUT2D eigenvalue weighted by molar-refractivity contribution is 5.93. The van der Waals surface area contributed by atoms with Gasteiger partial charge in [-0.05, 0) is 43.9 Å². The summed E-state index contributed by atoms with van der Waals surface area (Å²) in [6.07, 6.45) is 8.60. The van der Waals surface area contributed by atoms with Gasteiger partial charge in [0.2, 0.25) is 5.95 Å². The number of nitrogens with zero attached hydrogens (tertiary/aromatic N) is 3. The lowest BCUT2D eigenvalue weighted by atomic mass is 9.97. The molecule has 0 bridgehead atoms. The third kappa shape index (κ3) is 4.32. The van der Waals surface area contributed by atoms with Crippen LogP contribution in [0.4, 0.5) is 11.6 Å². The highest BCUT2D eigenvalue weighted by Gasteiger charge is 2.44. The fraction of sp³-hybridized carbons (Fsp3) is 0.478. The topological polar surface area (TPSA) is 103 Å². The molecule has 0 atom stereocenters. The lowest BCUT2D eigenvalue weighted by molar-refractivity contribution is -0.152. The van der Waals surface area contributed by atoms with Crippen LogP contribution in [-0.4, -0.2) is 47.3 Å². The van der Waals surface area contributed by atoms with Crippen molar-refractivity contribution in [3.63, 3.8) is 0 Å². The van der Waals surface area contributed by atoms with Crippen LogP contribution in [0.15, 0.2) is 36.7 Å². The number of hydrogen-bond acceptors (Lipinski definition) is 8. The van der Waals surface area contributed by atoms with Gasteiger partial charge in [-0.15, -0.1) is 0 Å². The molecule has 1 saturated heterocycles. The molecule has 9 nitrogen and oxygen atoms in total. The molecule has 32 heavy (non-hydrogen) atoms. The maximum absolute atomic E-state index is 12.4. The SMILES string of the molecule is O=C(COC(=O)C1CCN(c2ncccn2)CC1)Nc1ccc2c(c1)OC1(CCCC1)O2. The highest BCUT2D eigenvalue weighted by Crippen LogP contribution is 2.47. The Labute approximate surface area is 186 Å². The molecule has 2 aromatic rings. The van der Waals surface area contributed by atoms with Crippen LogP contribution >= 0.6 is 0 Å². The van der Waals surface area contributed by atoms with Crippen LogP contribution in [0.5, 0.6) is 11.5 Å². The molecule has 1 aliphatic carbocycles. The number of esters is 1. The summed E-state index contributed by atoms with van der Waals surface area (Å²) in [6.45, 7) is 1.03. The molecule has 5 rings (SSSR count). The van der Waals surface area contributed by atoms with E-state index in [-0.39, 0.29) is 24.4 Å². The second-order valence-corrected chi connectivity index (χ2v) is 8.45. The number of fused-ring (bicyclic) bond motifs is 1. The number of hydrogen-bond donors (Lipinski definition) is 1. The molecular formula is C23H26N4O5. The van der Waals surface area contributed by atoms with Gasteiger partial charge in [0.05, 0.1) is 5.92 Å². The van der Waals surface area contributed by atoms with Gasteiger partial charge in [-0.3, -0.25) is 9.59 Å². The van der Waals surface area contributed by atoms with Crippen LogP contribution in [0, 0.1) is 5.92 Å². The standard InChI is InChI=1S/C23H26N4O5/c28-20(26-17-4-5-18-19(14-17)32-23(31-18)8-1-2-9-23)15-30-21(29)16-6-12-27(13-7-16)22-24-10-3-11-25-22/h3-5,10-11,14,16H,1-2,6-9,12-13,15H2,(H,26,28). The summed E-state index contributed by atoms with van der Waals surface area (Å²) < 4.78 is 17.3. The van der Waals surface area contributed by atoms with Gasteiger partial charge in [-0.25, -0.2) is 9.97 Å². The van der Waals surface area contributed by atoms with E-state index in [1.807, 2.05) is 4.90 Å². The van der Waals surface area contributed by atoms with E-state index in [4.69, 9.17) is 14.2 Å². The Kier molecular flexibility index (Phi) is 5.55. The molecule has 0 radical (unpaired) electrons. The number of carbonyl (C=O) groups is 2. The zero-order chi connectivity index (χ0) is 22.0. The van der Waals surface area contributed by atoms with E-state index < -0.39 is 5.79 Å². The molecule has 1 aromatic heterocycles. The molecule has 2 aliphatic heterocycles. The number of piperidine rings is 1. The van der Waals surface area contributed by atoms with Crippen LogP contribution in [-0.2, 0) is 14.3 Å². The minimum absolute atomic E-state index is 0.226. The van der Waals surface area contributed by atoms with Gasteiger partial charge in [-0.2, -0.15) is 0 Å². The number of carbonyl (C=O) groups excluding carboxylic acids is 2. The van der Waals surface area contributed by atoms with E-state index in [2.05, 4.69) is 15.3 Å². The van der Waals surface area contributed by atoms with Crippen molar-refractivity contribution in [1.82, 2.24) is 9.97 Å². The summed E-state index contributed by atoms with van der Waals surface area (Å²) >= 11 is 0. The fourth-order valence-corrected chi connectivity index (χ4v) is 4.51. The summed E-state index contributed by atoms with van der Waals surface area (Å²) in [6, 6.07) is 7.09. The molecular weight excluding hydrogens is 412 g/mol. The molecule has 1 amide bonds. The molecule has 9 heteroatoms. The van der Waals surface area contributed by atoms with Gasteiger partial charge in [0.25, 0.3) is 11.7 Å². The molecule has 3 aliphatic rings. The minimum atomic E-state index is -0.539. The van der Waals surface area contributed by atoms with Gasteiger partial charge >= 0.3 is 5.97 Å². The summed E-state index contributed by atoms with van der Waals surface area (Å²) in [4.78, 5) is 35.2. The van der Waals surface area contributed by atoms with Crippen molar-refractivity contribution in [2.24, 2.45) is 5.92 Å². The summed E-state index contributed by atoms with van der Waals surface area (Å²) in [5.41, 5.74) is 0.583. The average molecular weight is 438 g/mol. The van der Waals surface area contributed by atoms with Crippen LogP contribution < -0.4 is 19.7 Å². The highest BCUT2D eigenvalue weighted by atomic mass is 16.7. The molecule has 1 saturated carbocycles. The lowest BCUT2D eigenvalue weighted by Crippen LogP contribution is -2.38. The first-order valence-electron chi connectivity index (χ1n) is 11.1. The Morgan fingerprint density at radius 3 is 2.56 bits per heavy atom. The number of ether oxygens (including phenoxy) is 3. The van der Waals surface area contributed by atoms with Gasteiger partial charge in [0.15, 0.2) is 18.1 Å². The zero-order valence-electron chi connectivity index (χ0n) is 17.8. The first kappa shape index (κ1) is 20.5. The zero-order valence-corrected chi connectivity index (χ0v) is 17.8. The molecule has 1 N–H and O–H groups in total. The maximum Gasteiger partial charge on any atom is 0.309 e. The van der Waals surface area contributed by atoms with E-state index in [1.165, 1.54) is 0 Å². The third-order valence-electron chi connectivity index (χ3n) is 6.19. The van der Waals surface area contributed by atoms with Crippen LogP contribution in [0.1, 0.15) is 38.5 Å². The van der Waals surface area contributed by atoms with Crippen molar-refractivity contribution in [1.29, 1.82) is 0 Å².